The van der Waals surface area contributed by atoms with Crippen LogP contribution in [0.5, 0.6) is 5.75 Å². The number of carbonyl (C=O) groups is 1. The molecule has 1 aromatic carbocycles. The number of phenols is 1. The van der Waals surface area contributed by atoms with E-state index in [1.54, 1.807) is 28.7 Å². The van der Waals surface area contributed by atoms with E-state index in [9.17, 15) is 23.1 Å². The lowest BCUT2D eigenvalue weighted by Gasteiger charge is -2.15. The second-order valence-corrected chi connectivity index (χ2v) is 5.96. The molecule has 3 N–H and O–H groups in total. The number of carbonyl (C=O) groups excluding carboxylic acids is 1. The van der Waals surface area contributed by atoms with Gasteiger partial charge in [-0.3, -0.25) is 4.79 Å². The van der Waals surface area contributed by atoms with E-state index in [-0.39, 0.29) is 11.3 Å². The van der Waals surface area contributed by atoms with E-state index in [1.165, 1.54) is 6.07 Å². The molecule has 0 spiro atoms. The van der Waals surface area contributed by atoms with Gasteiger partial charge in [-0.15, -0.1) is 0 Å². The summed E-state index contributed by atoms with van der Waals surface area (Å²) in [7, 11) is 0. The Morgan fingerprint density at radius 2 is 1.95 bits per heavy atom. The lowest BCUT2D eigenvalue weighted by Crippen LogP contribution is -2.40. The van der Waals surface area contributed by atoms with Gasteiger partial charge in [-0.2, -0.15) is 13.2 Å². The Labute approximate surface area is 133 Å². The maximum atomic E-state index is 12.1. The van der Waals surface area contributed by atoms with Gasteiger partial charge in [-0.05, 0) is 57.3 Å². The fourth-order valence-electron chi connectivity index (χ4n) is 1.14. The quantitative estimate of drug-likeness (QED) is 0.558. The average molecular weight is 501 g/mol. The van der Waals surface area contributed by atoms with Gasteiger partial charge in [0.15, 0.2) is 6.10 Å². The number of hydrogen-bond donors (Lipinski definition) is 3. The Morgan fingerprint density at radius 3 is 2.47 bits per heavy atom. The average Bonchev–Trinajstić information content (AvgIpc) is 2.28. The molecule has 0 aliphatic heterocycles. The van der Waals surface area contributed by atoms with Crippen LogP contribution in [0.4, 0.5) is 13.2 Å². The maximum absolute atomic E-state index is 12.1. The normalized spacial score (nSPS) is 13.2. The minimum Gasteiger partial charge on any atom is -0.506 e. The van der Waals surface area contributed by atoms with E-state index in [2.05, 4.69) is 0 Å². The number of aliphatic hydroxyl groups excluding tert-OH is 1. The van der Waals surface area contributed by atoms with Gasteiger partial charge in [0.05, 0.1) is 15.7 Å². The first kappa shape index (κ1) is 16.8. The standard InChI is InChI=1S/C10H8F3I2NO3/c11-10(12,13)7(17)3-16-9(19)5-1-4(14)2-6(15)8(5)18/h1-2,7,17-18H,3H2,(H,16,19). The third kappa shape index (κ3) is 4.63. The number of alkyl halides is 3. The number of aromatic hydroxyl groups is 1. The summed E-state index contributed by atoms with van der Waals surface area (Å²) in [5.41, 5.74) is -0.134. The van der Waals surface area contributed by atoms with Gasteiger partial charge < -0.3 is 15.5 Å². The fraction of sp³-hybridized carbons (Fsp3) is 0.300. The molecule has 1 amide bonds. The minimum absolute atomic E-state index is 0.134. The van der Waals surface area contributed by atoms with Crippen LogP contribution >= 0.6 is 45.2 Å². The molecule has 0 radical (unpaired) electrons. The van der Waals surface area contributed by atoms with Gasteiger partial charge in [0.25, 0.3) is 5.91 Å². The zero-order chi connectivity index (χ0) is 14.8. The van der Waals surface area contributed by atoms with Gasteiger partial charge in [0.1, 0.15) is 5.75 Å². The van der Waals surface area contributed by atoms with Crippen LogP contribution in [0, 0.1) is 7.14 Å². The van der Waals surface area contributed by atoms with Crippen molar-refractivity contribution >= 4 is 51.1 Å². The minimum atomic E-state index is -4.80. The van der Waals surface area contributed by atoms with Crippen LogP contribution in [-0.4, -0.2) is 34.9 Å². The zero-order valence-corrected chi connectivity index (χ0v) is 13.4. The van der Waals surface area contributed by atoms with Crippen LogP contribution < -0.4 is 5.32 Å². The Bertz CT molecular complexity index is 494. The molecule has 1 unspecified atom stereocenters. The highest BCUT2D eigenvalue weighted by Gasteiger charge is 2.38. The molecular formula is C10H8F3I2NO3. The molecule has 1 atom stereocenters. The summed E-state index contributed by atoms with van der Waals surface area (Å²) in [5.74, 6) is -1.18. The van der Waals surface area contributed by atoms with Crippen molar-refractivity contribution in [1.82, 2.24) is 5.32 Å². The van der Waals surface area contributed by atoms with Crippen molar-refractivity contribution in [3.05, 3.63) is 24.8 Å². The van der Waals surface area contributed by atoms with E-state index in [4.69, 9.17) is 5.11 Å². The van der Waals surface area contributed by atoms with Crippen molar-refractivity contribution in [3.63, 3.8) is 0 Å². The SMILES string of the molecule is O=C(NCC(O)C(F)(F)F)c1cc(I)cc(I)c1O. The molecule has 0 fully saturated rings. The number of hydrogen-bond acceptors (Lipinski definition) is 3. The number of aliphatic hydroxyl groups is 1. The molecule has 19 heavy (non-hydrogen) atoms. The Morgan fingerprint density at radius 1 is 1.37 bits per heavy atom. The number of phenolic OH excluding ortho intramolecular Hbond substituents is 1. The smallest absolute Gasteiger partial charge is 0.416 e. The lowest BCUT2D eigenvalue weighted by atomic mass is 10.2. The Balaban J connectivity index is 2.80. The molecule has 4 nitrogen and oxygen atoms in total. The summed E-state index contributed by atoms with van der Waals surface area (Å²) in [6.07, 6.45) is -7.44. The Kier molecular flexibility index (Phi) is 5.67. The van der Waals surface area contributed by atoms with E-state index < -0.39 is 24.7 Å². The molecule has 1 aromatic rings. The molecule has 0 bridgehead atoms. The molecule has 0 heterocycles. The predicted molar refractivity (Wildman–Crippen MR) is 77.9 cm³/mol. The second kappa shape index (κ2) is 6.43. The largest absolute Gasteiger partial charge is 0.506 e. The van der Waals surface area contributed by atoms with Crippen molar-refractivity contribution < 1.29 is 28.2 Å². The molecule has 106 valence electrons. The van der Waals surface area contributed by atoms with Crippen LogP contribution in [-0.2, 0) is 0 Å². The second-order valence-electron chi connectivity index (χ2n) is 3.55. The Hall–Kier alpha value is -0.300. The van der Waals surface area contributed by atoms with Crippen LogP contribution in [0.25, 0.3) is 0 Å². The van der Waals surface area contributed by atoms with E-state index >= 15 is 0 Å². The highest BCUT2D eigenvalue weighted by molar-refractivity contribution is 14.1. The van der Waals surface area contributed by atoms with Crippen LogP contribution in [0.1, 0.15) is 10.4 Å². The third-order valence-corrected chi connectivity index (χ3v) is 3.55. The summed E-state index contributed by atoms with van der Waals surface area (Å²) >= 11 is 3.71. The number of amides is 1. The van der Waals surface area contributed by atoms with E-state index in [1.807, 2.05) is 27.9 Å². The molecule has 0 saturated heterocycles. The van der Waals surface area contributed by atoms with Crippen molar-refractivity contribution in [2.24, 2.45) is 0 Å². The zero-order valence-electron chi connectivity index (χ0n) is 9.13. The molecule has 9 heteroatoms. The highest BCUT2D eigenvalue weighted by Crippen LogP contribution is 2.27. The maximum Gasteiger partial charge on any atom is 0.416 e. The van der Waals surface area contributed by atoms with Crippen molar-refractivity contribution in [2.45, 2.75) is 12.3 Å². The summed E-state index contributed by atoms with van der Waals surface area (Å²) in [5, 5.41) is 20.3. The van der Waals surface area contributed by atoms with Crippen LogP contribution in [0.2, 0.25) is 0 Å². The first-order valence-corrected chi connectivity index (χ1v) is 6.99. The number of rotatable bonds is 3. The van der Waals surface area contributed by atoms with E-state index in [0.717, 1.165) is 0 Å². The molecular weight excluding hydrogens is 493 g/mol. The summed E-state index contributed by atoms with van der Waals surface area (Å²) in [6, 6.07) is 2.95. The molecule has 0 aromatic heterocycles. The first-order valence-electron chi connectivity index (χ1n) is 4.84. The van der Waals surface area contributed by atoms with Crippen molar-refractivity contribution in [2.75, 3.05) is 6.54 Å². The highest BCUT2D eigenvalue weighted by atomic mass is 127. The number of halogens is 5. The monoisotopic (exact) mass is 501 g/mol. The van der Waals surface area contributed by atoms with E-state index in [0.29, 0.717) is 7.14 Å². The van der Waals surface area contributed by atoms with Gasteiger partial charge in [0.2, 0.25) is 0 Å². The summed E-state index contributed by atoms with van der Waals surface area (Å²) < 4.78 is 37.2. The molecule has 0 aliphatic carbocycles. The van der Waals surface area contributed by atoms with Crippen LogP contribution in [0.15, 0.2) is 12.1 Å². The van der Waals surface area contributed by atoms with Gasteiger partial charge >= 0.3 is 6.18 Å². The van der Waals surface area contributed by atoms with Crippen molar-refractivity contribution in [1.29, 1.82) is 0 Å². The van der Waals surface area contributed by atoms with Gasteiger partial charge in [-0.1, -0.05) is 0 Å². The predicted octanol–water partition coefficient (Wildman–Crippen LogP) is 2.25. The molecule has 1 rings (SSSR count). The van der Waals surface area contributed by atoms with Gasteiger partial charge in [0, 0.05) is 3.57 Å². The van der Waals surface area contributed by atoms with Crippen molar-refractivity contribution in [3.8, 4) is 5.75 Å². The summed E-state index contributed by atoms with van der Waals surface area (Å²) in [6.45, 7) is -0.968. The molecule has 0 saturated carbocycles. The fourth-order valence-corrected chi connectivity index (χ4v) is 2.98. The lowest BCUT2D eigenvalue weighted by molar-refractivity contribution is -0.201. The number of benzene rings is 1. The first-order chi connectivity index (χ1) is 8.62. The molecule has 0 aliphatic rings. The number of nitrogens with one attached hydrogen (secondary N) is 1. The van der Waals surface area contributed by atoms with Gasteiger partial charge in [-0.25, -0.2) is 0 Å². The topological polar surface area (TPSA) is 69.6 Å². The summed E-state index contributed by atoms with van der Waals surface area (Å²) in [4.78, 5) is 11.6. The van der Waals surface area contributed by atoms with Crippen LogP contribution in [0.3, 0.4) is 0 Å². The third-order valence-electron chi connectivity index (χ3n) is 2.11.